The van der Waals surface area contributed by atoms with Gasteiger partial charge >= 0.3 is 12.5 Å². The second-order valence-electron chi connectivity index (χ2n) is 7.73. The van der Waals surface area contributed by atoms with E-state index in [1.807, 2.05) is 0 Å². The van der Waals surface area contributed by atoms with E-state index in [2.05, 4.69) is 0 Å². The Bertz CT molecular complexity index is 1240. The molecule has 2 aromatic rings. The zero-order chi connectivity index (χ0) is 25.6. The maximum atomic E-state index is 15.5. The van der Waals surface area contributed by atoms with Crippen molar-refractivity contribution < 1.29 is 47.6 Å². The summed E-state index contributed by atoms with van der Waals surface area (Å²) in [5.74, 6) is 0. The van der Waals surface area contributed by atoms with E-state index >= 15 is 4.39 Å². The van der Waals surface area contributed by atoms with E-state index in [0.29, 0.717) is 6.07 Å². The Morgan fingerprint density at radius 2 is 1.32 bits per heavy atom. The molecule has 3 rings (SSSR count). The van der Waals surface area contributed by atoms with Gasteiger partial charge in [-0.15, -0.1) is 4.31 Å². The molecule has 1 saturated carbocycles. The van der Waals surface area contributed by atoms with Crippen LogP contribution >= 0.6 is 0 Å². The zero-order valence-electron chi connectivity index (χ0n) is 17.1. The molecule has 0 bridgehead atoms. The Hall–Kier alpha value is -2.19. The van der Waals surface area contributed by atoms with E-state index in [9.17, 15) is 43.2 Å². The molecular weight excluding hydrogens is 515 g/mol. The van der Waals surface area contributed by atoms with Gasteiger partial charge in [0.05, 0.1) is 15.4 Å². The van der Waals surface area contributed by atoms with Crippen molar-refractivity contribution in [1.82, 2.24) is 4.31 Å². The van der Waals surface area contributed by atoms with E-state index in [-0.39, 0.29) is 6.07 Å². The smallest absolute Gasteiger partial charge is 0.226 e. The lowest BCUT2D eigenvalue weighted by Crippen LogP contribution is -2.52. The third-order valence-corrected chi connectivity index (χ3v) is 9.67. The fraction of sp³-hybridized carbons (Fsp3) is 0.400. The summed E-state index contributed by atoms with van der Waals surface area (Å²) < 4.78 is 146. The number of sulfonamides is 1. The molecule has 1 aliphatic carbocycles. The van der Waals surface area contributed by atoms with Crippen LogP contribution in [0.1, 0.15) is 31.2 Å². The van der Waals surface area contributed by atoms with Gasteiger partial charge in [0.25, 0.3) is 0 Å². The van der Waals surface area contributed by atoms with Gasteiger partial charge in [0.1, 0.15) is 0 Å². The summed E-state index contributed by atoms with van der Waals surface area (Å²) in [4.78, 5) is -1.62. The largest absolute Gasteiger partial charge is 0.473 e. The highest BCUT2D eigenvalue weighted by atomic mass is 32.2. The van der Waals surface area contributed by atoms with Crippen LogP contribution in [-0.4, -0.2) is 38.5 Å². The molecule has 1 aliphatic rings. The van der Waals surface area contributed by atoms with Gasteiger partial charge in [0, 0.05) is 6.04 Å². The monoisotopic (exact) mass is 533 g/mol. The number of hydrogen-bond donors (Lipinski definition) is 0. The summed E-state index contributed by atoms with van der Waals surface area (Å²) in [6.45, 7) is 0. The third-order valence-electron chi connectivity index (χ3n) is 5.54. The lowest BCUT2D eigenvalue weighted by molar-refractivity contribution is -0.224. The van der Waals surface area contributed by atoms with Crippen LogP contribution in [0, 0.1) is 0 Å². The van der Waals surface area contributed by atoms with Crippen molar-refractivity contribution in [2.75, 3.05) is 0 Å². The van der Waals surface area contributed by atoms with Crippen molar-refractivity contribution in [3.63, 3.8) is 0 Å². The number of sulfone groups is 1. The highest BCUT2D eigenvalue weighted by Crippen LogP contribution is 2.45. The molecule has 0 aliphatic heterocycles. The highest BCUT2D eigenvalue weighted by molar-refractivity contribution is 7.92. The van der Waals surface area contributed by atoms with Crippen LogP contribution in [0.4, 0.5) is 30.7 Å². The summed E-state index contributed by atoms with van der Waals surface area (Å²) in [5, 5.41) is -3.17. The molecule has 0 atom stereocenters. The first-order chi connectivity index (χ1) is 15.5. The van der Waals surface area contributed by atoms with E-state index < -0.39 is 88.7 Å². The van der Waals surface area contributed by atoms with Crippen molar-refractivity contribution in [3.8, 4) is 0 Å². The van der Waals surface area contributed by atoms with Crippen molar-refractivity contribution in [1.29, 1.82) is 0 Å². The zero-order valence-corrected chi connectivity index (χ0v) is 18.8. The van der Waals surface area contributed by atoms with Crippen molar-refractivity contribution in [2.45, 2.75) is 59.0 Å². The maximum Gasteiger partial charge on any atom is 0.473 e. The van der Waals surface area contributed by atoms with Crippen molar-refractivity contribution in [3.05, 3.63) is 60.2 Å². The van der Waals surface area contributed by atoms with E-state index in [1.54, 1.807) is 0 Å². The van der Waals surface area contributed by atoms with Gasteiger partial charge in [-0.05, 0) is 56.0 Å². The number of alkyl halides is 7. The van der Waals surface area contributed by atoms with Gasteiger partial charge in [-0.1, -0.05) is 24.3 Å². The minimum absolute atomic E-state index is 0.255. The van der Waals surface area contributed by atoms with Gasteiger partial charge in [0.2, 0.25) is 24.9 Å². The molecule has 0 N–H and O–H groups in total. The predicted octanol–water partition coefficient (Wildman–Crippen LogP) is 5.30. The number of benzene rings is 2. The van der Waals surface area contributed by atoms with Crippen molar-refractivity contribution >= 4 is 19.9 Å². The second kappa shape index (κ2) is 8.79. The van der Waals surface area contributed by atoms with Gasteiger partial charge in [-0.25, -0.2) is 21.2 Å². The topological polar surface area (TPSA) is 71.5 Å². The highest BCUT2D eigenvalue weighted by Gasteiger charge is 2.55. The lowest BCUT2D eigenvalue weighted by atomic mass is 9.93. The van der Waals surface area contributed by atoms with Crippen LogP contribution in [0.3, 0.4) is 0 Å². The molecule has 34 heavy (non-hydrogen) atoms. The SMILES string of the molecule is O=S(=O)(c1ccccc1)N(C1CCC(F)(S(=O)(=O)c2cccc(C(F)(F)F)c2)CC1)C(F)(F)F. The molecule has 2 aromatic carbocycles. The van der Waals surface area contributed by atoms with Gasteiger partial charge in [-0.3, -0.25) is 0 Å². The minimum Gasteiger partial charge on any atom is -0.226 e. The Morgan fingerprint density at radius 3 is 1.82 bits per heavy atom. The van der Waals surface area contributed by atoms with Crippen LogP contribution in [0.2, 0.25) is 0 Å². The molecule has 188 valence electrons. The molecule has 0 amide bonds. The fourth-order valence-electron chi connectivity index (χ4n) is 3.83. The Labute approximate surface area is 191 Å². The molecule has 1 fully saturated rings. The molecule has 0 spiro atoms. The molecule has 14 heteroatoms. The average molecular weight is 533 g/mol. The maximum absolute atomic E-state index is 15.5. The van der Waals surface area contributed by atoms with Crippen LogP contribution < -0.4 is 0 Å². The molecule has 0 unspecified atom stereocenters. The molecule has 0 aromatic heterocycles. The number of hydrogen-bond acceptors (Lipinski definition) is 4. The lowest BCUT2D eigenvalue weighted by Gasteiger charge is -2.38. The van der Waals surface area contributed by atoms with Crippen molar-refractivity contribution in [2.24, 2.45) is 0 Å². The Morgan fingerprint density at radius 1 is 0.794 bits per heavy atom. The van der Waals surface area contributed by atoms with Crippen LogP contribution in [-0.2, 0) is 26.0 Å². The van der Waals surface area contributed by atoms with Crippen LogP contribution in [0.5, 0.6) is 0 Å². The summed E-state index contributed by atoms with van der Waals surface area (Å²) in [6.07, 6.45) is -14.0. The summed E-state index contributed by atoms with van der Waals surface area (Å²) >= 11 is 0. The summed E-state index contributed by atoms with van der Waals surface area (Å²) in [6, 6.07) is 6.33. The van der Waals surface area contributed by atoms with Gasteiger partial charge in [0.15, 0.2) is 0 Å². The van der Waals surface area contributed by atoms with Gasteiger partial charge in [-0.2, -0.15) is 26.3 Å². The van der Waals surface area contributed by atoms with Crippen LogP contribution in [0.25, 0.3) is 0 Å². The van der Waals surface area contributed by atoms with E-state index in [1.165, 1.54) is 18.2 Å². The van der Waals surface area contributed by atoms with Gasteiger partial charge < -0.3 is 0 Å². The molecule has 0 saturated heterocycles. The first-order valence-corrected chi connectivity index (χ1v) is 12.7. The molecule has 0 radical (unpaired) electrons. The molecular formula is C20H18F7NO4S2. The normalized spacial score (nSPS) is 22.6. The second-order valence-corrected chi connectivity index (χ2v) is 11.7. The summed E-state index contributed by atoms with van der Waals surface area (Å²) in [5.41, 5.74) is -1.33. The molecule has 0 heterocycles. The number of rotatable bonds is 5. The standard InChI is InChI=1S/C20H18F7NO4S2/c21-18(33(29,30)17-8-4-5-14(13-17)19(22,23)24)11-9-15(10-12-18)28(20(25,26)27)34(31,32)16-6-2-1-3-7-16/h1-8,13,15H,9-12H2. The third kappa shape index (κ3) is 4.93. The number of nitrogens with zero attached hydrogens (tertiary/aromatic N) is 1. The molecule has 5 nitrogen and oxygen atoms in total. The van der Waals surface area contributed by atoms with E-state index in [0.717, 1.165) is 24.3 Å². The quantitative estimate of drug-likeness (QED) is 0.387. The first kappa shape index (κ1) is 26.4. The minimum atomic E-state index is -5.38. The first-order valence-electron chi connectivity index (χ1n) is 9.77. The average Bonchev–Trinajstić information content (AvgIpc) is 2.74. The fourth-order valence-corrected chi connectivity index (χ4v) is 7.17. The Kier molecular flexibility index (Phi) is 6.83. The summed E-state index contributed by atoms with van der Waals surface area (Å²) in [7, 11) is -10.1. The predicted molar refractivity (Wildman–Crippen MR) is 106 cm³/mol. The Balaban J connectivity index is 1.90. The van der Waals surface area contributed by atoms with Crippen LogP contribution in [0.15, 0.2) is 64.4 Å². The number of halogens is 7. The van der Waals surface area contributed by atoms with E-state index in [4.69, 9.17) is 0 Å².